The van der Waals surface area contributed by atoms with Crippen LogP contribution in [0.4, 0.5) is 0 Å². The van der Waals surface area contributed by atoms with Crippen molar-refractivity contribution >= 4 is 40.5 Å². The van der Waals surface area contributed by atoms with Gasteiger partial charge in [0.25, 0.3) is 0 Å². The molecule has 1 N–H and O–H groups in total. The van der Waals surface area contributed by atoms with Gasteiger partial charge in [0.2, 0.25) is 17.7 Å². The molecular weight excluding hydrogens is 576 g/mol. The highest BCUT2D eigenvalue weighted by atomic mass is 32.2. The lowest BCUT2D eigenvalue weighted by atomic mass is 9.78. The molecule has 4 aliphatic heterocycles. The Morgan fingerprint density at radius 3 is 2.48 bits per heavy atom. The molecule has 0 aliphatic carbocycles. The van der Waals surface area contributed by atoms with E-state index in [9.17, 15) is 19.5 Å². The minimum Gasteiger partial charge on any atom is -0.394 e. The number of aliphatic hydroxyl groups is 1. The SMILES string of the molecule is CC(C)[C@H](CO)N1C(=O)[C@@H]2[C@H]3C(=O)N(Cc4ccccc4)CC=C[C@H]3S[C@@]23C=CCN(Cn2nnc4ccccc42)C(=O)C13. The van der Waals surface area contributed by atoms with Crippen LogP contribution in [-0.4, -0.2) is 94.3 Å². The molecule has 2 aromatic carbocycles. The molecule has 3 aromatic rings. The quantitative estimate of drug-likeness (QED) is 0.409. The first-order valence-corrected chi connectivity index (χ1v) is 16.1. The average Bonchev–Trinajstić information content (AvgIpc) is 3.58. The number of hydrogen-bond acceptors (Lipinski definition) is 7. The van der Waals surface area contributed by atoms with Crippen molar-refractivity contribution < 1.29 is 19.5 Å². The molecular formula is C33H36N6O4S. The van der Waals surface area contributed by atoms with Gasteiger partial charge in [0, 0.05) is 24.9 Å². The monoisotopic (exact) mass is 612 g/mol. The highest BCUT2D eigenvalue weighted by molar-refractivity contribution is 8.02. The summed E-state index contributed by atoms with van der Waals surface area (Å²) in [5, 5.41) is 18.9. The highest BCUT2D eigenvalue weighted by Crippen LogP contribution is 2.61. The molecule has 0 saturated carbocycles. The third-order valence-corrected chi connectivity index (χ3v) is 11.3. The van der Waals surface area contributed by atoms with Gasteiger partial charge in [-0.1, -0.05) is 85.8 Å². The van der Waals surface area contributed by atoms with Crippen LogP contribution < -0.4 is 0 Å². The Morgan fingerprint density at radius 2 is 1.70 bits per heavy atom. The molecule has 228 valence electrons. The highest BCUT2D eigenvalue weighted by Gasteiger charge is 2.71. The van der Waals surface area contributed by atoms with Gasteiger partial charge in [-0.05, 0) is 23.6 Å². The lowest BCUT2D eigenvalue weighted by molar-refractivity contribution is -0.148. The maximum Gasteiger partial charge on any atom is 0.248 e. The molecule has 6 atom stereocenters. The number of para-hydroxylation sites is 1. The Morgan fingerprint density at radius 1 is 0.955 bits per heavy atom. The third kappa shape index (κ3) is 4.47. The maximum atomic E-state index is 14.7. The Balaban J connectivity index is 1.28. The standard InChI is InChI=1S/C33H36N6O4S/c1-21(2)25(19-40)39-29-32(43)37(20-38-24-13-7-6-12-23(24)34-35-38)17-9-15-33(29)28(31(39)42)27-26(44-33)14-8-16-36(30(27)41)18-22-10-4-3-5-11-22/h3-15,21,25-29,40H,16-20H2,1-2H3/t25-,26+,27-,28-,29?,33-/m0/s1. The Kier molecular flexibility index (Phi) is 7.32. The molecule has 10 nitrogen and oxygen atoms in total. The molecule has 5 heterocycles. The van der Waals surface area contributed by atoms with E-state index in [0.29, 0.717) is 19.6 Å². The van der Waals surface area contributed by atoms with Gasteiger partial charge in [-0.15, -0.1) is 16.9 Å². The van der Waals surface area contributed by atoms with E-state index in [0.717, 1.165) is 16.6 Å². The number of carbonyl (C=O) groups excluding carboxylic acids is 3. The van der Waals surface area contributed by atoms with Crippen molar-refractivity contribution in [2.45, 2.75) is 49.1 Å². The Bertz CT molecular complexity index is 1660. The predicted octanol–water partition coefficient (Wildman–Crippen LogP) is 2.70. The summed E-state index contributed by atoms with van der Waals surface area (Å²) in [6.07, 6.45) is 8.03. The number of likely N-dealkylation sites (tertiary alicyclic amines) is 1. The van der Waals surface area contributed by atoms with Crippen molar-refractivity contribution in [3.8, 4) is 0 Å². The molecule has 2 fully saturated rings. The van der Waals surface area contributed by atoms with Crippen LogP contribution in [0.2, 0.25) is 0 Å². The van der Waals surface area contributed by atoms with Crippen LogP contribution in [0.1, 0.15) is 19.4 Å². The van der Waals surface area contributed by atoms with Gasteiger partial charge in [-0.3, -0.25) is 14.4 Å². The van der Waals surface area contributed by atoms with Crippen LogP contribution in [-0.2, 0) is 27.6 Å². The van der Waals surface area contributed by atoms with Crippen LogP contribution >= 0.6 is 11.8 Å². The fraction of sp³-hybridized carbons (Fsp3) is 0.424. The van der Waals surface area contributed by atoms with Gasteiger partial charge < -0.3 is 19.8 Å². The number of aromatic nitrogens is 3. The summed E-state index contributed by atoms with van der Waals surface area (Å²) in [6.45, 7) is 5.01. The van der Waals surface area contributed by atoms with Crippen molar-refractivity contribution in [3.05, 3.63) is 84.5 Å². The smallest absolute Gasteiger partial charge is 0.248 e. The summed E-state index contributed by atoms with van der Waals surface area (Å²) in [6, 6.07) is 16.0. The number of hydrogen-bond donors (Lipinski definition) is 1. The van der Waals surface area contributed by atoms with Crippen LogP contribution in [0.15, 0.2) is 78.9 Å². The normalized spacial score (nSPS) is 28.8. The second-order valence-corrected chi connectivity index (χ2v) is 13.9. The molecule has 1 unspecified atom stereocenters. The van der Waals surface area contributed by atoms with Crippen molar-refractivity contribution in [1.82, 2.24) is 29.7 Å². The molecule has 0 bridgehead atoms. The molecule has 0 radical (unpaired) electrons. The maximum absolute atomic E-state index is 14.7. The minimum absolute atomic E-state index is 0.0756. The summed E-state index contributed by atoms with van der Waals surface area (Å²) < 4.78 is 0.740. The second-order valence-electron chi connectivity index (χ2n) is 12.4. The summed E-state index contributed by atoms with van der Waals surface area (Å²) in [5.41, 5.74) is 2.56. The number of benzene rings is 2. The zero-order valence-electron chi connectivity index (χ0n) is 24.8. The first kappa shape index (κ1) is 28.8. The predicted molar refractivity (Wildman–Crippen MR) is 167 cm³/mol. The Labute approximate surface area is 260 Å². The summed E-state index contributed by atoms with van der Waals surface area (Å²) in [4.78, 5) is 48.9. The number of nitrogens with zero attached hydrogens (tertiary/aromatic N) is 6. The fourth-order valence-corrected chi connectivity index (χ4v) is 9.40. The van der Waals surface area contributed by atoms with Crippen LogP contribution in [0, 0.1) is 17.8 Å². The van der Waals surface area contributed by atoms with Gasteiger partial charge in [-0.2, -0.15) is 0 Å². The lowest BCUT2D eigenvalue weighted by Crippen LogP contribution is -2.57. The third-order valence-electron chi connectivity index (χ3n) is 9.52. The molecule has 11 heteroatoms. The second kappa shape index (κ2) is 11.2. The largest absolute Gasteiger partial charge is 0.394 e. The van der Waals surface area contributed by atoms with E-state index < -0.39 is 28.7 Å². The molecule has 1 spiro atoms. The molecule has 44 heavy (non-hydrogen) atoms. The van der Waals surface area contributed by atoms with E-state index >= 15 is 0 Å². The van der Waals surface area contributed by atoms with Crippen molar-refractivity contribution in [1.29, 1.82) is 0 Å². The summed E-state index contributed by atoms with van der Waals surface area (Å²) in [5.74, 6) is -2.00. The van der Waals surface area contributed by atoms with Gasteiger partial charge in [0.05, 0.1) is 34.7 Å². The van der Waals surface area contributed by atoms with Gasteiger partial charge in [0.1, 0.15) is 18.2 Å². The van der Waals surface area contributed by atoms with E-state index in [1.165, 1.54) is 0 Å². The van der Waals surface area contributed by atoms with E-state index in [4.69, 9.17) is 0 Å². The van der Waals surface area contributed by atoms with Gasteiger partial charge in [-0.25, -0.2) is 4.68 Å². The van der Waals surface area contributed by atoms with Crippen molar-refractivity contribution in [2.75, 3.05) is 19.7 Å². The van der Waals surface area contributed by atoms with Crippen LogP contribution in [0.5, 0.6) is 0 Å². The van der Waals surface area contributed by atoms with E-state index in [2.05, 4.69) is 16.4 Å². The average molecular weight is 613 g/mol. The van der Waals surface area contributed by atoms with E-state index in [1.54, 1.807) is 26.2 Å². The molecule has 3 amide bonds. The number of carbonyl (C=O) groups is 3. The zero-order valence-corrected chi connectivity index (χ0v) is 25.6. The van der Waals surface area contributed by atoms with E-state index in [1.807, 2.05) is 91.6 Å². The van der Waals surface area contributed by atoms with Gasteiger partial charge >= 0.3 is 0 Å². The number of rotatable bonds is 7. The van der Waals surface area contributed by atoms with Crippen LogP contribution in [0.3, 0.4) is 0 Å². The number of fused-ring (bicyclic) bond motifs is 3. The summed E-state index contributed by atoms with van der Waals surface area (Å²) >= 11 is 1.55. The van der Waals surface area contributed by atoms with E-state index in [-0.39, 0.29) is 42.2 Å². The minimum atomic E-state index is -0.958. The van der Waals surface area contributed by atoms with Crippen LogP contribution in [0.25, 0.3) is 11.0 Å². The molecule has 1 aromatic heterocycles. The fourth-order valence-electron chi connectivity index (χ4n) is 7.41. The summed E-state index contributed by atoms with van der Waals surface area (Å²) in [7, 11) is 0. The first-order chi connectivity index (χ1) is 21.3. The van der Waals surface area contributed by atoms with Crippen molar-refractivity contribution in [3.63, 3.8) is 0 Å². The number of aliphatic hydroxyl groups excluding tert-OH is 1. The molecule has 7 rings (SSSR count). The zero-order chi connectivity index (χ0) is 30.6. The number of thioether (sulfide) groups is 1. The number of amides is 3. The van der Waals surface area contributed by atoms with Crippen molar-refractivity contribution in [2.24, 2.45) is 17.8 Å². The first-order valence-electron chi connectivity index (χ1n) is 15.2. The molecule has 4 aliphatic rings. The topological polar surface area (TPSA) is 112 Å². The van der Waals surface area contributed by atoms with Gasteiger partial charge in [0.15, 0.2) is 0 Å². The molecule has 2 saturated heterocycles. The Hall–Kier alpha value is -3.96. The lowest BCUT2D eigenvalue weighted by Gasteiger charge is -2.39.